The second kappa shape index (κ2) is 5.21. The van der Waals surface area contributed by atoms with Crippen LogP contribution in [-0.4, -0.2) is 26.0 Å². The van der Waals surface area contributed by atoms with Gasteiger partial charge in [-0.15, -0.1) is 0 Å². The van der Waals surface area contributed by atoms with E-state index >= 15 is 0 Å². The van der Waals surface area contributed by atoms with E-state index in [0.717, 1.165) is 18.5 Å². The van der Waals surface area contributed by atoms with E-state index in [2.05, 4.69) is 11.8 Å². The van der Waals surface area contributed by atoms with Crippen LogP contribution >= 0.6 is 0 Å². The molecule has 3 nitrogen and oxygen atoms in total. The summed E-state index contributed by atoms with van der Waals surface area (Å²) in [4.78, 5) is 13.2. The van der Waals surface area contributed by atoms with Crippen LogP contribution < -0.4 is 9.64 Å². The third-order valence-corrected chi connectivity index (χ3v) is 3.48. The van der Waals surface area contributed by atoms with Crippen LogP contribution in [0.3, 0.4) is 0 Å². The fraction of sp³-hybridized carbons (Fsp3) is 0.500. The van der Waals surface area contributed by atoms with Crippen molar-refractivity contribution in [1.82, 2.24) is 0 Å². The summed E-state index contributed by atoms with van der Waals surface area (Å²) in [5.41, 5.74) is 1.76. The van der Waals surface area contributed by atoms with Crippen molar-refractivity contribution in [3.63, 3.8) is 0 Å². The molecule has 1 heterocycles. The number of rotatable bonds is 3. The van der Waals surface area contributed by atoms with Gasteiger partial charge in [0, 0.05) is 24.3 Å². The van der Waals surface area contributed by atoms with Crippen LogP contribution in [0.4, 0.5) is 5.69 Å². The lowest BCUT2D eigenvalue weighted by Crippen LogP contribution is -2.37. The molecule has 0 bridgehead atoms. The highest BCUT2D eigenvalue weighted by atomic mass is 16.5. The molecule has 92 valence electrons. The smallest absolute Gasteiger partial charge is 0.153 e. The normalized spacial score (nSPS) is 20.1. The van der Waals surface area contributed by atoms with Crippen molar-refractivity contribution in [3.05, 3.63) is 23.8 Å². The fourth-order valence-electron chi connectivity index (χ4n) is 2.46. The van der Waals surface area contributed by atoms with Gasteiger partial charge in [0.2, 0.25) is 0 Å². The Morgan fingerprint density at radius 3 is 2.88 bits per heavy atom. The van der Waals surface area contributed by atoms with Crippen molar-refractivity contribution in [1.29, 1.82) is 0 Å². The van der Waals surface area contributed by atoms with Gasteiger partial charge in [-0.05, 0) is 38.3 Å². The number of anilines is 1. The van der Waals surface area contributed by atoms with Crippen LogP contribution in [0.5, 0.6) is 5.75 Å². The Kier molecular flexibility index (Phi) is 3.67. The maximum Gasteiger partial charge on any atom is 0.153 e. The third-order valence-electron chi connectivity index (χ3n) is 3.48. The van der Waals surface area contributed by atoms with Gasteiger partial charge in [-0.1, -0.05) is 0 Å². The van der Waals surface area contributed by atoms with Gasteiger partial charge < -0.3 is 9.64 Å². The van der Waals surface area contributed by atoms with Crippen LogP contribution in [0.15, 0.2) is 18.2 Å². The molecule has 1 fully saturated rings. The second-order valence-electron chi connectivity index (χ2n) is 4.58. The van der Waals surface area contributed by atoms with E-state index < -0.39 is 0 Å². The summed E-state index contributed by atoms with van der Waals surface area (Å²) in [5.74, 6) is 0.662. The summed E-state index contributed by atoms with van der Waals surface area (Å²) in [7, 11) is 1.60. The molecular weight excluding hydrogens is 214 g/mol. The highest BCUT2D eigenvalue weighted by Crippen LogP contribution is 2.29. The molecule has 1 aromatic rings. The molecule has 0 spiro atoms. The SMILES string of the molecule is COc1cc(N2CCCCC2C)ccc1C=O. The van der Waals surface area contributed by atoms with Crippen LogP contribution in [0.25, 0.3) is 0 Å². The molecule has 1 aromatic carbocycles. The maximum atomic E-state index is 10.8. The zero-order valence-electron chi connectivity index (χ0n) is 10.5. The minimum absolute atomic E-state index is 0.565. The number of carbonyl (C=O) groups excluding carboxylic acids is 1. The number of hydrogen-bond donors (Lipinski definition) is 0. The van der Waals surface area contributed by atoms with Crippen molar-refractivity contribution < 1.29 is 9.53 Å². The number of aldehydes is 1. The zero-order chi connectivity index (χ0) is 12.3. The van der Waals surface area contributed by atoms with E-state index in [4.69, 9.17) is 4.74 Å². The van der Waals surface area contributed by atoms with Crippen LogP contribution in [0.2, 0.25) is 0 Å². The average molecular weight is 233 g/mol. The van der Waals surface area contributed by atoms with E-state index in [1.807, 2.05) is 18.2 Å². The number of methoxy groups -OCH3 is 1. The maximum absolute atomic E-state index is 10.8. The molecule has 1 aliphatic heterocycles. The number of carbonyl (C=O) groups is 1. The molecule has 0 N–H and O–H groups in total. The van der Waals surface area contributed by atoms with Crippen molar-refractivity contribution in [2.45, 2.75) is 32.2 Å². The molecule has 3 heteroatoms. The van der Waals surface area contributed by atoms with Gasteiger partial charge in [0.1, 0.15) is 5.75 Å². The van der Waals surface area contributed by atoms with Crippen molar-refractivity contribution >= 4 is 12.0 Å². The van der Waals surface area contributed by atoms with Crippen LogP contribution in [-0.2, 0) is 0 Å². The Morgan fingerprint density at radius 1 is 1.41 bits per heavy atom. The molecule has 0 aromatic heterocycles. The van der Waals surface area contributed by atoms with Gasteiger partial charge in [-0.3, -0.25) is 4.79 Å². The van der Waals surface area contributed by atoms with Gasteiger partial charge in [0.15, 0.2) is 6.29 Å². The predicted molar refractivity (Wildman–Crippen MR) is 69.0 cm³/mol. The Labute approximate surface area is 102 Å². The monoisotopic (exact) mass is 233 g/mol. The summed E-state index contributed by atoms with van der Waals surface area (Å²) < 4.78 is 5.25. The summed E-state index contributed by atoms with van der Waals surface area (Å²) in [6, 6.07) is 6.37. The summed E-state index contributed by atoms with van der Waals surface area (Å²) in [6.45, 7) is 3.34. The van der Waals surface area contributed by atoms with E-state index in [1.54, 1.807) is 7.11 Å². The van der Waals surface area contributed by atoms with Gasteiger partial charge >= 0.3 is 0 Å². The molecular formula is C14H19NO2. The molecule has 0 aliphatic carbocycles. The topological polar surface area (TPSA) is 29.5 Å². The van der Waals surface area contributed by atoms with Crippen LogP contribution in [0.1, 0.15) is 36.5 Å². The number of ether oxygens (including phenoxy) is 1. The lowest BCUT2D eigenvalue weighted by molar-refractivity contribution is 0.112. The van der Waals surface area contributed by atoms with Gasteiger partial charge in [-0.2, -0.15) is 0 Å². The van der Waals surface area contributed by atoms with Gasteiger partial charge in [0.25, 0.3) is 0 Å². The standard InChI is InChI=1S/C14H19NO2/c1-11-5-3-4-8-15(11)13-7-6-12(10-16)14(9-13)17-2/h6-7,9-11H,3-5,8H2,1-2H3. The Bertz CT molecular complexity index is 403. The van der Waals surface area contributed by atoms with Crippen LogP contribution in [0, 0.1) is 0 Å². The lowest BCUT2D eigenvalue weighted by Gasteiger charge is -2.35. The molecule has 0 radical (unpaired) electrons. The minimum Gasteiger partial charge on any atom is -0.496 e. The Morgan fingerprint density at radius 2 is 2.24 bits per heavy atom. The number of benzene rings is 1. The predicted octanol–water partition coefficient (Wildman–Crippen LogP) is 2.89. The molecule has 17 heavy (non-hydrogen) atoms. The highest BCUT2D eigenvalue weighted by molar-refractivity contribution is 5.80. The molecule has 1 saturated heterocycles. The summed E-state index contributed by atoms with van der Waals surface area (Å²) in [6.07, 6.45) is 4.61. The second-order valence-corrected chi connectivity index (χ2v) is 4.58. The van der Waals surface area contributed by atoms with E-state index in [1.165, 1.54) is 19.3 Å². The average Bonchev–Trinajstić information content (AvgIpc) is 2.38. The first-order valence-corrected chi connectivity index (χ1v) is 6.16. The van der Waals surface area contributed by atoms with Crippen molar-refractivity contribution in [2.24, 2.45) is 0 Å². The minimum atomic E-state index is 0.565. The van der Waals surface area contributed by atoms with Crippen molar-refractivity contribution in [3.8, 4) is 5.75 Å². The Balaban J connectivity index is 2.28. The summed E-state index contributed by atoms with van der Waals surface area (Å²) in [5, 5.41) is 0. The lowest BCUT2D eigenvalue weighted by atomic mass is 10.0. The number of piperidine rings is 1. The van der Waals surface area contributed by atoms with Gasteiger partial charge in [0.05, 0.1) is 12.7 Å². The van der Waals surface area contributed by atoms with Gasteiger partial charge in [-0.25, -0.2) is 0 Å². The first-order valence-electron chi connectivity index (χ1n) is 6.16. The largest absolute Gasteiger partial charge is 0.496 e. The van der Waals surface area contributed by atoms with Crippen molar-refractivity contribution in [2.75, 3.05) is 18.6 Å². The zero-order valence-corrected chi connectivity index (χ0v) is 10.5. The number of hydrogen-bond acceptors (Lipinski definition) is 3. The van der Waals surface area contributed by atoms with E-state index in [0.29, 0.717) is 17.4 Å². The number of nitrogens with zero attached hydrogens (tertiary/aromatic N) is 1. The quantitative estimate of drug-likeness (QED) is 0.752. The molecule has 2 rings (SSSR count). The molecule has 0 saturated carbocycles. The molecule has 0 amide bonds. The molecule has 1 atom stereocenters. The molecule has 1 unspecified atom stereocenters. The molecule has 1 aliphatic rings. The fourth-order valence-corrected chi connectivity index (χ4v) is 2.46. The van der Waals surface area contributed by atoms with E-state index in [9.17, 15) is 4.79 Å². The highest BCUT2D eigenvalue weighted by Gasteiger charge is 2.19. The Hall–Kier alpha value is -1.51. The summed E-state index contributed by atoms with van der Waals surface area (Å²) >= 11 is 0. The first kappa shape index (κ1) is 12.0. The third kappa shape index (κ3) is 2.43. The van der Waals surface area contributed by atoms with E-state index in [-0.39, 0.29) is 0 Å². The first-order chi connectivity index (χ1) is 8.26.